The van der Waals surface area contributed by atoms with Crippen LogP contribution in [0.2, 0.25) is 0 Å². The first-order chi connectivity index (χ1) is 11.8. The first-order valence-electron chi connectivity index (χ1n) is 8.92. The van der Waals surface area contributed by atoms with E-state index in [1.807, 2.05) is 4.90 Å². The molecule has 0 saturated carbocycles. The number of aromatic nitrogens is 2. The molecule has 1 aromatic heterocycles. The number of carbonyl (C=O) groups excluding carboxylic acids is 2. The van der Waals surface area contributed by atoms with Crippen molar-refractivity contribution in [1.82, 2.24) is 25.3 Å². The minimum absolute atomic E-state index is 0.0150. The highest BCUT2D eigenvalue weighted by Gasteiger charge is 2.27. The zero-order valence-electron chi connectivity index (χ0n) is 15.6. The van der Waals surface area contributed by atoms with Crippen molar-refractivity contribution < 1.29 is 14.1 Å². The van der Waals surface area contributed by atoms with Crippen molar-refractivity contribution in [3.63, 3.8) is 0 Å². The molecule has 1 atom stereocenters. The number of nitrogens with zero attached hydrogens (tertiary/aromatic N) is 4. The maximum Gasteiger partial charge on any atom is 0.245 e. The summed E-state index contributed by atoms with van der Waals surface area (Å²) in [6.07, 6.45) is 1.54. The molecule has 1 N–H and O–H groups in total. The van der Waals surface area contributed by atoms with Gasteiger partial charge in [0, 0.05) is 40.0 Å². The highest BCUT2D eigenvalue weighted by molar-refractivity contribution is 5.86. The molecule has 140 valence electrons. The van der Waals surface area contributed by atoms with Crippen LogP contribution in [0.5, 0.6) is 0 Å². The third-order valence-corrected chi connectivity index (χ3v) is 4.22. The van der Waals surface area contributed by atoms with Crippen LogP contribution in [0.4, 0.5) is 0 Å². The molecule has 1 aromatic rings. The predicted octanol–water partition coefficient (Wildman–Crippen LogP) is 0.963. The van der Waals surface area contributed by atoms with E-state index in [1.54, 1.807) is 6.92 Å². The van der Waals surface area contributed by atoms with E-state index in [4.69, 9.17) is 4.52 Å². The minimum atomic E-state index is -0.441. The number of nitrogens with one attached hydrogen (secondary N) is 1. The van der Waals surface area contributed by atoms with Gasteiger partial charge in [-0.25, -0.2) is 0 Å². The summed E-state index contributed by atoms with van der Waals surface area (Å²) in [6.45, 7) is 10.9. The van der Waals surface area contributed by atoms with Crippen LogP contribution in [0.15, 0.2) is 4.52 Å². The Labute approximate surface area is 148 Å². The molecular weight excluding hydrogens is 322 g/mol. The fourth-order valence-corrected chi connectivity index (χ4v) is 3.11. The molecule has 0 radical (unpaired) electrons. The van der Waals surface area contributed by atoms with Crippen molar-refractivity contribution in [3.8, 4) is 0 Å². The topological polar surface area (TPSA) is 91.6 Å². The first-order valence-corrected chi connectivity index (χ1v) is 8.92. The van der Waals surface area contributed by atoms with Gasteiger partial charge in [-0.3, -0.25) is 14.5 Å². The fourth-order valence-electron chi connectivity index (χ4n) is 3.11. The molecule has 1 saturated heterocycles. The van der Waals surface area contributed by atoms with Crippen LogP contribution < -0.4 is 5.32 Å². The van der Waals surface area contributed by atoms with Crippen molar-refractivity contribution in [2.75, 3.05) is 26.2 Å². The smallest absolute Gasteiger partial charge is 0.245 e. The molecule has 2 heterocycles. The third-order valence-electron chi connectivity index (χ3n) is 4.22. The fraction of sp³-hybridized carbons (Fsp3) is 0.765. The maximum absolute atomic E-state index is 12.8. The second-order valence-electron chi connectivity index (χ2n) is 7.07. The van der Waals surface area contributed by atoms with Gasteiger partial charge in [0.1, 0.15) is 6.04 Å². The Kier molecular flexibility index (Phi) is 6.92. The molecule has 0 bridgehead atoms. The van der Waals surface area contributed by atoms with E-state index in [9.17, 15) is 9.59 Å². The highest BCUT2D eigenvalue weighted by atomic mass is 16.5. The summed E-state index contributed by atoms with van der Waals surface area (Å²) in [5.41, 5.74) is 0. The summed E-state index contributed by atoms with van der Waals surface area (Å²) in [4.78, 5) is 32.6. The second kappa shape index (κ2) is 8.94. The quantitative estimate of drug-likeness (QED) is 0.821. The van der Waals surface area contributed by atoms with E-state index < -0.39 is 6.04 Å². The Balaban J connectivity index is 1.93. The monoisotopic (exact) mass is 351 g/mol. The van der Waals surface area contributed by atoms with Crippen LogP contribution in [0.25, 0.3) is 0 Å². The lowest BCUT2D eigenvalue weighted by Crippen LogP contribution is -2.49. The molecule has 8 nitrogen and oxygen atoms in total. The molecule has 25 heavy (non-hydrogen) atoms. The van der Waals surface area contributed by atoms with Crippen molar-refractivity contribution in [3.05, 3.63) is 11.7 Å². The molecule has 2 amide bonds. The highest BCUT2D eigenvalue weighted by Crippen LogP contribution is 2.12. The van der Waals surface area contributed by atoms with E-state index in [2.05, 4.69) is 34.2 Å². The molecule has 0 unspecified atom stereocenters. The molecule has 1 aliphatic heterocycles. The Morgan fingerprint density at radius 1 is 1.24 bits per heavy atom. The zero-order valence-corrected chi connectivity index (χ0v) is 15.6. The Hall–Kier alpha value is -1.96. The zero-order chi connectivity index (χ0) is 18.4. The largest absolute Gasteiger partial charge is 0.345 e. The lowest BCUT2D eigenvalue weighted by Gasteiger charge is -2.27. The Morgan fingerprint density at radius 2 is 2.00 bits per heavy atom. The van der Waals surface area contributed by atoms with Crippen LogP contribution >= 0.6 is 0 Å². The summed E-state index contributed by atoms with van der Waals surface area (Å²) >= 11 is 0. The average Bonchev–Trinajstić information content (AvgIpc) is 2.79. The molecule has 1 aliphatic rings. The standard InChI is InChI=1S/C17H29N5O3/c1-12(2)10-15(18-13(3)23)17(24)22-7-5-6-21(8-9-22)11-16-19-14(4)25-20-16/h12,15H,5-11H2,1-4H3,(H,18,23)/t15-/m0/s1. The van der Waals surface area contributed by atoms with Gasteiger partial charge in [-0.15, -0.1) is 0 Å². The van der Waals surface area contributed by atoms with E-state index in [0.717, 1.165) is 19.5 Å². The summed E-state index contributed by atoms with van der Waals surface area (Å²) in [7, 11) is 0. The van der Waals surface area contributed by atoms with E-state index in [-0.39, 0.29) is 11.8 Å². The number of rotatable bonds is 6. The minimum Gasteiger partial charge on any atom is -0.345 e. The van der Waals surface area contributed by atoms with Crippen molar-refractivity contribution in [1.29, 1.82) is 0 Å². The summed E-state index contributed by atoms with van der Waals surface area (Å²) in [5.74, 6) is 1.43. The average molecular weight is 351 g/mol. The normalized spacial score (nSPS) is 17.4. The summed E-state index contributed by atoms with van der Waals surface area (Å²) < 4.78 is 5.01. The van der Waals surface area contributed by atoms with Crippen LogP contribution in [0, 0.1) is 12.8 Å². The first kappa shape index (κ1) is 19.4. The van der Waals surface area contributed by atoms with Crippen molar-refractivity contribution in [2.24, 2.45) is 5.92 Å². The van der Waals surface area contributed by atoms with Crippen LogP contribution in [0.3, 0.4) is 0 Å². The number of amides is 2. The number of hydrogen-bond acceptors (Lipinski definition) is 6. The van der Waals surface area contributed by atoms with Gasteiger partial charge in [0.2, 0.25) is 17.7 Å². The van der Waals surface area contributed by atoms with Gasteiger partial charge >= 0.3 is 0 Å². The van der Waals surface area contributed by atoms with Crippen molar-refractivity contribution in [2.45, 2.75) is 53.1 Å². The van der Waals surface area contributed by atoms with E-state index >= 15 is 0 Å². The second-order valence-corrected chi connectivity index (χ2v) is 7.07. The molecule has 2 rings (SSSR count). The van der Waals surface area contributed by atoms with Gasteiger partial charge in [-0.2, -0.15) is 4.98 Å². The lowest BCUT2D eigenvalue weighted by molar-refractivity contribution is -0.136. The Morgan fingerprint density at radius 3 is 2.60 bits per heavy atom. The van der Waals surface area contributed by atoms with Gasteiger partial charge in [-0.1, -0.05) is 19.0 Å². The molecule has 8 heteroatoms. The number of aryl methyl sites for hydroxylation is 1. The number of hydrogen-bond donors (Lipinski definition) is 1. The maximum atomic E-state index is 12.8. The molecule has 1 fully saturated rings. The van der Waals surface area contributed by atoms with Crippen LogP contribution in [0.1, 0.15) is 45.3 Å². The van der Waals surface area contributed by atoms with Gasteiger partial charge < -0.3 is 14.7 Å². The van der Waals surface area contributed by atoms with Gasteiger partial charge in [0.05, 0.1) is 6.54 Å². The number of carbonyl (C=O) groups is 2. The van der Waals surface area contributed by atoms with Crippen molar-refractivity contribution >= 4 is 11.8 Å². The van der Waals surface area contributed by atoms with Gasteiger partial charge in [-0.05, 0) is 18.8 Å². The predicted molar refractivity (Wildman–Crippen MR) is 92.6 cm³/mol. The molecule has 0 aromatic carbocycles. The van der Waals surface area contributed by atoms with E-state index in [0.29, 0.717) is 43.7 Å². The molecule has 0 spiro atoms. The summed E-state index contributed by atoms with van der Waals surface area (Å²) in [5, 5.41) is 6.74. The van der Waals surface area contributed by atoms with Crippen LogP contribution in [-0.2, 0) is 16.1 Å². The summed E-state index contributed by atoms with van der Waals surface area (Å²) in [6, 6.07) is -0.441. The molecule has 0 aliphatic carbocycles. The van der Waals surface area contributed by atoms with Crippen LogP contribution in [-0.4, -0.2) is 64.0 Å². The van der Waals surface area contributed by atoms with Gasteiger partial charge in [0.25, 0.3) is 0 Å². The lowest BCUT2D eigenvalue weighted by atomic mass is 10.0. The third kappa shape index (κ3) is 6.12. The SMILES string of the molecule is CC(=O)N[C@@H](CC(C)C)C(=O)N1CCCN(Cc2noc(C)n2)CC1. The van der Waals surface area contributed by atoms with Gasteiger partial charge in [0.15, 0.2) is 5.82 Å². The molecular formula is C17H29N5O3. The Bertz CT molecular complexity index is 587. The van der Waals surface area contributed by atoms with E-state index in [1.165, 1.54) is 6.92 Å².